The number of hydrogen-bond acceptors (Lipinski definition) is 2. The Morgan fingerprint density at radius 3 is 2.29 bits per heavy atom. The van der Waals surface area contributed by atoms with Crippen LogP contribution in [0.3, 0.4) is 0 Å². The molecule has 0 rings (SSSR count). The van der Waals surface area contributed by atoms with Crippen LogP contribution >= 0.6 is 0 Å². The Kier molecular flexibility index (Phi) is 7.20. The van der Waals surface area contributed by atoms with Crippen LogP contribution in [0.1, 0.15) is 59.3 Å². The lowest BCUT2D eigenvalue weighted by Gasteiger charge is -2.32. The smallest absolute Gasteiger partial charge is 0.0605 e. The monoisotopic (exact) mass is 201 g/mol. The van der Waals surface area contributed by atoms with Gasteiger partial charge < -0.3 is 10.8 Å². The van der Waals surface area contributed by atoms with Gasteiger partial charge in [-0.25, -0.2) is 0 Å². The van der Waals surface area contributed by atoms with Crippen molar-refractivity contribution in [3.63, 3.8) is 0 Å². The van der Waals surface area contributed by atoms with E-state index in [0.717, 1.165) is 19.3 Å². The summed E-state index contributed by atoms with van der Waals surface area (Å²) in [5.74, 6) is 0. The molecule has 14 heavy (non-hydrogen) atoms. The summed E-state index contributed by atoms with van der Waals surface area (Å²) in [6, 6.07) is 0. The first kappa shape index (κ1) is 13.9. The van der Waals surface area contributed by atoms with Gasteiger partial charge in [0.25, 0.3) is 0 Å². The highest BCUT2D eigenvalue weighted by Crippen LogP contribution is 2.27. The minimum absolute atomic E-state index is 0.0772. The fourth-order valence-electron chi connectivity index (χ4n) is 1.63. The molecule has 2 atom stereocenters. The first-order chi connectivity index (χ1) is 6.60. The van der Waals surface area contributed by atoms with Crippen LogP contribution in [0.15, 0.2) is 0 Å². The molecule has 0 aliphatic rings. The Morgan fingerprint density at radius 2 is 1.86 bits per heavy atom. The second kappa shape index (κ2) is 7.24. The fourth-order valence-corrected chi connectivity index (χ4v) is 1.63. The highest BCUT2D eigenvalue weighted by molar-refractivity contribution is 4.81. The van der Waals surface area contributed by atoms with E-state index >= 15 is 0 Å². The van der Waals surface area contributed by atoms with Crippen molar-refractivity contribution >= 4 is 0 Å². The SMILES string of the molecule is CCCCCCC(O)C(C)(CC)CN. The predicted molar refractivity (Wildman–Crippen MR) is 62.2 cm³/mol. The van der Waals surface area contributed by atoms with Gasteiger partial charge in [-0.3, -0.25) is 0 Å². The van der Waals surface area contributed by atoms with Crippen LogP contribution in [-0.2, 0) is 0 Å². The lowest BCUT2D eigenvalue weighted by Crippen LogP contribution is -2.38. The van der Waals surface area contributed by atoms with E-state index in [4.69, 9.17) is 5.73 Å². The third-order valence-electron chi connectivity index (χ3n) is 3.41. The summed E-state index contributed by atoms with van der Waals surface area (Å²) in [7, 11) is 0. The molecule has 86 valence electrons. The van der Waals surface area contributed by atoms with E-state index in [2.05, 4.69) is 20.8 Å². The van der Waals surface area contributed by atoms with Crippen molar-refractivity contribution in [1.29, 1.82) is 0 Å². The van der Waals surface area contributed by atoms with E-state index in [1.807, 2.05) is 0 Å². The predicted octanol–water partition coefficient (Wildman–Crippen LogP) is 2.69. The molecule has 0 aromatic rings. The highest BCUT2D eigenvalue weighted by atomic mass is 16.3. The van der Waals surface area contributed by atoms with Crippen LogP contribution < -0.4 is 5.73 Å². The van der Waals surface area contributed by atoms with E-state index < -0.39 is 0 Å². The van der Waals surface area contributed by atoms with Gasteiger partial charge in [0.1, 0.15) is 0 Å². The fraction of sp³-hybridized carbons (Fsp3) is 1.00. The highest BCUT2D eigenvalue weighted by Gasteiger charge is 2.28. The molecule has 0 saturated heterocycles. The quantitative estimate of drug-likeness (QED) is 0.593. The van der Waals surface area contributed by atoms with Crippen LogP contribution in [0.5, 0.6) is 0 Å². The standard InChI is InChI=1S/C12H27NO/c1-4-6-7-8-9-11(14)12(3,5-2)10-13/h11,14H,4-10,13H2,1-3H3. The molecule has 0 radical (unpaired) electrons. The zero-order valence-corrected chi connectivity index (χ0v) is 10.1. The average molecular weight is 201 g/mol. The summed E-state index contributed by atoms with van der Waals surface area (Å²) in [6.45, 7) is 6.96. The zero-order valence-electron chi connectivity index (χ0n) is 10.1. The number of rotatable bonds is 8. The first-order valence-electron chi connectivity index (χ1n) is 5.98. The summed E-state index contributed by atoms with van der Waals surface area (Å²) in [5, 5.41) is 9.99. The van der Waals surface area contributed by atoms with Crippen molar-refractivity contribution in [2.24, 2.45) is 11.1 Å². The Balaban J connectivity index is 3.75. The third kappa shape index (κ3) is 4.43. The summed E-state index contributed by atoms with van der Waals surface area (Å²) in [4.78, 5) is 0. The molecule has 0 aliphatic heterocycles. The summed E-state index contributed by atoms with van der Waals surface area (Å²) in [5.41, 5.74) is 5.61. The molecular formula is C12H27NO. The number of aliphatic hydroxyl groups is 1. The molecule has 0 spiro atoms. The molecule has 2 unspecified atom stereocenters. The average Bonchev–Trinajstić information content (AvgIpc) is 2.22. The topological polar surface area (TPSA) is 46.2 Å². The Labute approximate surface area is 88.9 Å². The maximum atomic E-state index is 9.99. The van der Waals surface area contributed by atoms with Gasteiger partial charge in [-0.05, 0) is 12.8 Å². The van der Waals surface area contributed by atoms with Gasteiger partial charge in [-0.2, -0.15) is 0 Å². The molecule has 3 N–H and O–H groups in total. The van der Waals surface area contributed by atoms with Crippen LogP contribution in [-0.4, -0.2) is 17.8 Å². The Morgan fingerprint density at radius 1 is 1.21 bits per heavy atom. The molecule has 0 bridgehead atoms. The maximum absolute atomic E-state index is 9.99. The maximum Gasteiger partial charge on any atom is 0.0605 e. The molecule has 2 heteroatoms. The molecular weight excluding hydrogens is 174 g/mol. The third-order valence-corrected chi connectivity index (χ3v) is 3.41. The number of hydrogen-bond donors (Lipinski definition) is 2. The van der Waals surface area contributed by atoms with Crippen molar-refractivity contribution < 1.29 is 5.11 Å². The molecule has 0 fully saturated rings. The molecule has 0 aromatic carbocycles. The van der Waals surface area contributed by atoms with E-state index in [1.54, 1.807) is 0 Å². The minimum atomic E-state index is -0.227. The number of unbranched alkanes of at least 4 members (excludes halogenated alkanes) is 3. The summed E-state index contributed by atoms with van der Waals surface area (Å²) < 4.78 is 0. The lowest BCUT2D eigenvalue weighted by atomic mass is 9.79. The largest absolute Gasteiger partial charge is 0.393 e. The van der Waals surface area contributed by atoms with Gasteiger partial charge in [0.2, 0.25) is 0 Å². The molecule has 0 aromatic heterocycles. The van der Waals surface area contributed by atoms with Crippen molar-refractivity contribution in [1.82, 2.24) is 0 Å². The molecule has 2 nitrogen and oxygen atoms in total. The van der Waals surface area contributed by atoms with Crippen molar-refractivity contribution in [3.05, 3.63) is 0 Å². The normalized spacial score (nSPS) is 17.8. The van der Waals surface area contributed by atoms with E-state index in [-0.39, 0.29) is 11.5 Å². The Bertz CT molecular complexity index is 132. The molecule has 0 saturated carbocycles. The number of nitrogens with two attached hydrogens (primary N) is 1. The summed E-state index contributed by atoms with van der Waals surface area (Å²) in [6.07, 6.45) is 6.52. The minimum Gasteiger partial charge on any atom is -0.393 e. The van der Waals surface area contributed by atoms with Gasteiger partial charge in [0.15, 0.2) is 0 Å². The van der Waals surface area contributed by atoms with Crippen LogP contribution in [0.25, 0.3) is 0 Å². The molecule has 0 heterocycles. The zero-order chi connectivity index (χ0) is 11.0. The van der Waals surface area contributed by atoms with Gasteiger partial charge in [0.05, 0.1) is 6.10 Å². The van der Waals surface area contributed by atoms with Crippen molar-refractivity contribution in [2.45, 2.75) is 65.4 Å². The van der Waals surface area contributed by atoms with Crippen molar-refractivity contribution in [2.75, 3.05) is 6.54 Å². The lowest BCUT2D eigenvalue weighted by molar-refractivity contribution is 0.0316. The van der Waals surface area contributed by atoms with Gasteiger partial charge >= 0.3 is 0 Å². The summed E-state index contributed by atoms with van der Waals surface area (Å²) >= 11 is 0. The van der Waals surface area contributed by atoms with Gasteiger partial charge in [-0.1, -0.05) is 46.5 Å². The first-order valence-corrected chi connectivity index (χ1v) is 5.98. The second-order valence-electron chi connectivity index (χ2n) is 4.58. The van der Waals surface area contributed by atoms with E-state index in [1.165, 1.54) is 19.3 Å². The molecule has 0 aliphatic carbocycles. The van der Waals surface area contributed by atoms with E-state index in [9.17, 15) is 5.11 Å². The van der Waals surface area contributed by atoms with Crippen LogP contribution in [0.2, 0.25) is 0 Å². The Hall–Kier alpha value is -0.0800. The number of aliphatic hydroxyl groups excluding tert-OH is 1. The van der Waals surface area contributed by atoms with Gasteiger partial charge in [-0.15, -0.1) is 0 Å². The second-order valence-corrected chi connectivity index (χ2v) is 4.58. The van der Waals surface area contributed by atoms with E-state index in [0.29, 0.717) is 6.54 Å². The van der Waals surface area contributed by atoms with Crippen LogP contribution in [0, 0.1) is 5.41 Å². The van der Waals surface area contributed by atoms with Crippen LogP contribution in [0.4, 0.5) is 0 Å². The van der Waals surface area contributed by atoms with Gasteiger partial charge in [0, 0.05) is 12.0 Å². The van der Waals surface area contributed by atoms with Crippen molar-refractivity contribution in [3.8, 4) is 0 Å². The molecule has 0 amide bonds.